The molecule has 6 nitrogen and oxygen atoms in total. The monoisotopic (exact) mass is 408 g/mol. The second-order valence-corrected chi connectivity index (χ2v) is 7.10. The third-order valence-corrected chi connectivity index (χ3v) is 5.14. The molecule has 2 heterocycles. The van der Waals surface area contributed by atoms with E-state index < -0.39 is 11.6 Å². The lowest BCUT2D eigenvalue weighted by molar-refractivity contribution is 0.468. The predicted octanol–water partition coefficient (Wildman–Crippen LogP) is 3.45. The van der Waals surface area contributed by atoms with Crippen LogP contribution in [-0.2, 0) is 6.42 Å². The van der Waals surface area contributed by atoms with Crippen molar-refractivity contribution in [2.45, 2.75) is 13.3 Å². The SMILES string of the molecule is CC1C(c2ncc(O)cn2)=CC=CC1Cc1nn(-c2ccc(F)c(F)c2)ccc1=O. The molecule has 0 bridgehead atoms. The van der Waals surface area contributed by atoms with Gasteiger partial charge in [0, 0.05) is 30.3 Å². The lowest BCUT2D eigenvalue weighted by Crippen LogP contribution is -2.23. The van der Waals surface area contributed by atoms with E-state index in [2.05, 4.69) is 15.1 Å². The van der Waals surface area contributed by atoms with E-state index in [1.807, 2.05) is 25.2 Å². The van der Waals surface area contributed by atoms with Gasteiger partial charge < -0.3 is 5.11 Å². The van der Waals surface area contributed by atoms with Crippen molar-refractivity contribution in [3.8, 4) is 11.4 Å². The number of rotatable bonds is 4. The molecule has 0 saturated heterocycles. The van der Waals surface area contributed by atoms with Gasteiger partial charge in [0.05, 0.1) is 18.1 Å². The van der Waals surface area contributed by atoms with Crippen LogP contribution in [-0.4, -0.2) is 24.9 Å². The first-order valence-electron chi connectivity index (χ1n) is 9.36. The third kappa shape index (κ3) is 3.89. The number of aromatic hydroxyl groups is 1. The maximum Gasteiger partial charge on any atom is 0.203 e. The van der Waals surface area contributed by atoms with E-state index >= 15 is 0 Å². The van der Waals surface area contributed by atoms with Crippen LogP contribution < -0.4 is 5.43 Å². The maximum atomic E-state index is 13.6. The average Bonchev–Trinajstić information content (AvgIpc) is 2.74. The summed E-state index contributed by atoms with van der Waals surface area (Å²) in [6, 6.07) is 4.81. The molecule has 1 N–H and O–H groups in total. The van der Waals surface area contributed by atoms with Crippen LogP contribution in [0.15, 0.2) is 65.9 Å². The summed E-state index contributed by atoms with van der Waals surface area (Å²) in [7, 11) is 0. The minimum absolute atomic E-state index is 0.00216. The Morgan fingerprint density at radius 3 is 2.63 bits per heavy atom. The topological polar surface area (TPSA) is 80.9 Å². The molecule has 1 aromatic carbocycles. The van der Waals surface area contributed by atoms with Gasteiger partial charge in [-0.15, -0.1) is 0 Å². The molecule has 4 rings (SSSR count). The Bertz CT molecular complexity index is 1200. The standard InChI is InChI=1S/C22H18F2N4O2/c1-13-14(3-2-4-17(13)22-25-11-16(29)12-26-22)9-20-21(30)7-8-28(27-20)15-5-6-18(23)19(24)10-15/h2-8,10-14,29H,9H2,1H3. The Morgan fingerprint density at radius 1 is 1.13 bits per heavy atom. The van der Waals surface area contributed by atoms with Crippen molar-refractivity contribution in [1.82, 2.24) is 19.7 Å². The second-order valence-electron chi connectivity index (χ2n) is 7.10. The molecule has 1 aliphatic rings. The normalized spacial score (nSPS) is 18.3. The fraction of sp³-hybridized carbons (Fsp3) is 0.182. The molecule has 0 fully saturated rings. The lowest BCUT2D eigenvalue weighted by Gasteiger charge is -2.25. The summed E-state index contributed by atoms with van der Waals surface area (Å²) < 4.78 is 28.2. The zero-order valence-electron chi connectivity index (χ0n) is 16.0. The molecule has 0 spiro atoms. The summed E-state index contributed by atoms with van der Waals surface area (Å²) in [5, 5.41) is 13.8. The Morgan fingerprint density at radius 2 is 1.90 bits per heavy atom. The summed E-state index contributed by atoms with van der Waals surface area (Å²) in [5.74, 6) is -1.48. The zero-order valence-corrected chi connectivity index (χ0v) is 16.0. The molecule has 8 heteroatoms. The highest BCUT2D eigenvalue weighted by Gasteiger charge is 2.25. The molecule has 3 aromatic rings. The van der Waals surface area contributed by atoms with Crippen LogP contribution in [0.3, 0.4) is 0 Å². The summed E-state index contributed by atoms with van der Waals surface area (Å²) in [6.45, 7) is 2.01. The summed E-state index contributed by atoms with van der Waals surface area (Å²) in [6.07, 6.45) is 10.2. The first-order valence-corrected chi connectivity index (χ1v) is 9.36. The van der Waals surface area contributed by atoms with Gasteiger partial charge >= 0.3 is 0 Å². The maximum absolute atomic E-state index is 13.6. The largest absolute Gasteiger partial charge is 0.505 e. The van der Waals surface area contributed by atoms with Crippen LogP contribution >= 0.6 is 0 Å². The Labute approximate surface area is 170 Å². The van der Waals surface area contributed by atoms with Crippen LogP contribution in [0.1, 0.15) is 18.4 Å². The van der Waals surface area contributed by atoms with E-state index in [4.69, 9.17) is 0 Å². The quantitative estimate of drug-likeness (QED) is 0.715. The lowest BCUT2D eigenvalue weighted by atomic mass is 9.80. The molecule has 2 unspecified atom stereocenters. The van der Waals surface area contributed by atoms with Crippen molar-refractivity contribution in [1.29, 1.82) is 0 Å². The van der Waals surface area contributed by atoms with E-state index in [1.165, 1.54) is 35.4 Å². The van der Waals surface area contributed by atoms with Gasteiger partial charge in [-0.1, -0.05) is 25.2 Å². The van der Waals surface area contributed by atoms with Crippen LogP contribution in [0.2, 0.25) is 0 Å². The van der Waals surface area contributed by atoms with Gasteiger partial charge in [-0.3, -0.25) is 4.79 Å². The highest BCUT2D eigenvalue weighted by molar-refractivity contribution is 5.65. The summed E-state index contributed by atoms with van der Waals surface area (Å²) in [5.41, 5.74) is 1.29. The van der Waals surface area contributed by atoms with Crippen LogP contribution in [0, 0.1) is 23.5 Å². The number of hydrogen-bond donors (Lipinski definition) is 1. The van der Waals surface area contributed by atoms with Gasteiger partial charge in [0.25, 0.3) is 0 Å². The molecule has 1 aliphatic carbocycles. The molecule has 0 amide bonds. The molecule has 0 radical (unpaired) electrons. The molecule has 2 atom stereocenters. The van der Waals surface area contributed by atoms with Gasteiger partial charge in [0.2, 0.25) is 5.43 Å². The van der Waals surface area contributed by atoms with E-state index in [1.54, 1.807) is 0 Å². The highest BCUT2D eigenvalue weighted by Crippen LogP contribution is 2.33. The van der Waals surface area contributed by atoms with Crippen LogP contribution in [0.5, 0.6) is 5.75 Å². The van der Waals surface area contributed by atoms with Crippen molar-refractivity contribution in [2.75, 3.05) is 0 Å². The van der Waals surface area contributed by atoms with E-state index in [0.717, 1.165) is 17.7 Å². The molecule has 0 saturated carbocycles. The van der Waals surface area contributed by atoms with Crippen molar-refractivity contribution >= 4 is 5.57 Å². The third-order valence-electron chi connectivity index (χ3n) is 5.14. The number of nitrogens with zero attached hydrogens (tertiary/aromatic N) is 4. The fourth-order valence-electron chi connectivity index (χ4n) is 3.43. The van der Waals surface area contributed by atoms with Gasteiger partial charge in [0.1, 0.15) is 5.69 Å². The van der Waals surface area contributed by atoms with E-state index in [0.29, 0.717) is 23.6 Å². The molecule has 0 aliphatic heterocycles. The smallest absolute Gasteiger partial charge is 0.203 e. The van der Waals surface area contributed by atoms with Gasteiger partial charge in [0.15, 0.2) is 23.2 Å². The van der Waals surface area contributed by atoms with E-state index in [-0.39, 0.29) is 23.0 Å². The van der Waals surface area contributed by atoms with Gasteiger partial charge in [-0.2, -0.15) is 5.10 Å². The van der Waals surface area contributed by atoms with Crippen LogP contribution in [0.4, 0.5) is 8.78 Å². The van der Waals surface area contributed by atoms with Crippen LogP contribution in [0.25, 0.3) is 11.3 Å². The molecule has 2 aromatic heterocycles. The zero-order chi connectivity index (χ0) is 21.3. The van der Waals surface area contributed by atoms with Crippen molar-refractivity contribution in [2.24, 2.45) is 11.8 Å². The summed E-state index contributed by atoms with van der Waals surface area (Å²) >= 11 is 0. The minimum atomic E-state index is -0.984. The molecular weight excluding hydrogens is 390 g/mol. The first-order chi connectivity index (χ1) is 14.4. The molecule has 30 heavy (non-hydrogen) atoms. The van der Waals surface area contributed by atoms with Crippen molar-refractivity contribution < 1.29 is 13.9 Å². The van der Waals surface area contributed by atoms with Crippen molar-refractivity contribution in [3.05, 3.63) is 94.5 Å². The Hall–Kier alpha value is -3.68. The first kappa shape index (κ1) is 19.6. The average molecular weight is 408 g/mol. The number of aromatic nitrogens is 4. The Balaban J connectivity index is 1.60. The second kappa shape index (κ2) is 7.98. The molecular formula is C22H18F2N4O2. The number of halogens is 2. The van der Waals surface area contributed by atoms with Crippen molar-refractivity contribution in [3.63, 3.8) is 0 Å². The van der Waals surface area contributed by atoms with Gasteiger partial charge in [-0.05, 0) is 24.0 Å². The van der Waals surface area contributed by atoms with Gasteiger partial charge in [-0.25, -0.2) is 23.4 Å². The Kier molecular flexibility index (Phi) is 5.22. The predicted molar refractivity (Wildman–Crippen MR) is 107 cm³/mol. The van der Waals surface area contributed by atoms with E-state index in [9.17, 15) is 18.7 Å². The summed E-state index contributed by atoms with van der Waals surface area (Å²) in [4.78, 5) is 20.7. The number of benzene rings is 1. The molecule has 152 valence electrons. The number of allylic oxidation sites excluding steroid dienone is 4. The number of hydrogen-bond acceptors (Lipinski definition) is 5. The fourth-order valence-corrected chi connectivity index (χ4v) is 3.43. The highest BCUT2D eigenvalue weighted by atomic mass is 19.2. The minimum Gasteiger partial charge on any atom is -0.505 e.